The molecule has 0 radical (unpaired) electrons. The second kappa shape index (κ2) is 7.73. The maximum absolute atomic E-state index is 13.8. The third kappa shape index (κ3) is 3.50. The molecule has 1 atom stereocenters. The number of nitrogens with one attached hydrogen (secondary N) is 2. The molecule has 1 aliphatic carbocycles. The highest BCUT2D eigenvalue weighted by Crippen LogP contribution is 2.31. The molecule has 2 amide bonds. The molecule has 0 spiro atoms. The summed E-state index contributed by atoms with van der Waals surface area (Å²) in [5, 5.41) is 14.8. The van der Waals surface area contributed by atoms with Crippen molar-refractivity contribution in [2.45, 2.75) is 44.6 Å². The van der Waals surface area contributed by atoms with Gasteiger partial charge in [0, 0.05) is 12.6 Å². The van der Waals surface area contributed by atoms with E-state index in [0.29, 0.717) is 19.4 Å². The van der Waals surface area contributed by atoms with E-state index in [1.165, 1.54) is 18.2 Å². The molecule has 2 fully saturated rings. The summed E-state index contributed by atoms with van der Waals surface area (Å²) < 4.78 is 19.4. The van der Waals surface area contributed by atoms with Crippen LogP contribution >= 0.6 is 0 Å². The van der Waals surface area contributed by atoms with Crippen LogP contribution in [0.1, 0.15) is 44.1 Å². The lowest BCUT2D eigenvalue weighted by Crippen LogP contribution is -2.58. The summed E-state index contributed by atoms with van der Waals surface area (Å²) in [5.74, 6) is -1.38. The number of benzene rings is 1. The molecule has 1 aromatic rings. The number of rotatable bonds is 5. The molecule has 1 unspecified atom stereocenters. The molecule has 0 aromatic heterocycles. The van der Waals surface area contributed by atoms with Gasteiger partial charge >= 0.3 is 0 Å². The number of amides is 2. The van der Waals surface area contributed by atoms with E-state index in [1.807, 2.05) is 0 Å². The molecule has 6 nitrogen and oxygen atoms in total. The third-order valence-electron chi connectivity index (χ3n) is 5.19. The second-order valence-electron chi connectivity index (χ2n) is 6.91. The molecule has 2 N–H and O–H groups in total. The largest absolute Gasteiger partial charge is 0.490 e. The second-order valence-corrected chi connectivity index (χ2v) is 6.91. The molecule has 1 aliphatic heterocycles. The lowest BCUT2D eigenvalue weighted by Gasteiger charge is -2.35. The zero-order valence-electron chi connectivity index (χ0n) is 14.5. The quantitative estimate of drug-likeness (QED) is 0.787. The number of carbonyl (C=O) groups is 2. The van der Waals surface area contributed by atoms with Crippen LogP contribution in [0.4, 0.5) is 4.39 Å². The van der Waals surface area contributed by atoms with Crippen molar-refractivity contribution >= 4 is 11.8 Å². The van der Waals surface area contributed by atoms with Gasteiger partial charge in [0.1, 0.15) is 29.8 Å². The highest BCUT2D eigenvalue weighted by molar-refractivity contribution is 6.05. The van der Waals surface area contributed by atoms with Crippen LogP contribution in [-0.4, -0.2) is 31.0 Å². The van der Waals surface area contributed by atoms with Gasteiger partial charge in [-0.1, -0.05) is 18.9 Å². The predicted octanol–water partition coefficient (Wildman–Crippen LogP) is 2.03. The number of nitrogens with zero attached hydrogens (tertiary/aromatic N) is 1. The number of piperidine rings is 1. The van der Waals surface area contributed by atoms with Crippen molar-refractivity contribution < 1.29 is 18.7 Å². The molecular formula is C19H22FN3O3. The molecule has 1 saturated carbocycles. The van der Waals surface area contributed by atoms with Gasteiger partial charge in [-0.15, -0.1) is 0 Å². The van der Waals surface area contributed by atoms with Gasteiger partial charge in [0.25, 0.3) is 0 Å². The van der Waals surface area contributed by atoms with E-state index in [9.17, 15) is 14.0 Å². The SMILES string of the molecule is N#Cc1c(F)cccc1OCC1(C(=O)NC2CCCC2)CCCNC1=O. The molecular weight excluding hydrogens is 337 g/mol. The number of hydrogen-bond acceptors (Lipinski definition) is 4. The van der Waals surface area contributed by atoms with Gasteiger partial charge in [0.05, 0.1) is 0 Å². The molecule has 2 aliphatic rings. The zero-order valence-corrected chi connectivity index (χ0v) is 14.5. The van der Waals surface area contributed by atoms with Gasteiger partial charge in [-0.3, -0.25) is 9.59 Å². The Balaban J connectivity index is 1.80. The minimum Gasteiger partial charge on any atom is -0.490 e. The van der Waals surface area contributed by atoms with Gasteiger partial charge in [0.15, 0.2) is 5.41 Å². The lowest BCUT2D eigenvalue weighted by molar-refractivity contribution is -0.148. The fraction of sp³-hybridized carbons (Fsp3) is 0.526. The van der Waals surface area contributed by atoms with E-state index >= 15 is 0 Å². The van der Waals surface area contributed by atoms with Crippen LogP contribution in [0.2, 0.25) is 0 Å². The van der Waals surface area contributed by atoms with Crippen molar-refractivity contribution in [1.29, 1.82) is 5.26 Å². The minimum atomic E-state index is -1.36. The van der Waals surface area contributed by atoms with Gasteiger partial charge in [0.2, 0.25) is 11.8 Å². The van der Waals surface area contributed by atoms with E-state index in [0.717, 1.165) is 25.7 Å². The van der Waals surface area contributed by atoms with E-state index in [1.54, 1.807) is 6.07 Å². The summed E-state index contributed by atoms with van der Waals surface area (Å²) in [6.45, 7) is 0.288. The van der Waals surface area contributed by atoms with Crippen LogP contribution < -0.4 is 15.4 Å². The van der Waals surface area contributed by atoms with Crippen molar-refractivity contribution in [2.24, 2.45) is 5.41 Å². The first-order chi connectivity index (χ1) is 12.6. The van der Waals surface area contributed by atoms with Crippen LogP contribution in [0.5, 0.6) is 5.75 Å². The lowest BCUT2D eigenvalue weighted by atomic mass is 9.79. The first-order valence-corrected chi connectivity index (χ1v) is 8.97. The monoisotopic (exact) mass is 359 g/mol. The van der Waals surface area contributed by atoms with Gasteiger partial charge in [-0.2, -0.15) is 5.26 Å². The van der Waals surface area contributed by atoms with E-state index in [4.69, 9.17) is 10.00 Å². The fourth-order valence-electron chi connectivity index (χ4n) is 3.62. The fourth-order valence-corrected chi connectivity index (χ4v) is 3.62. The molecule has 1 saturated heterocycles. The van der Waals surface area contributed by atoms with E-state index in [-0.39, 0.29) is 35.8 Å². The van der Waals surface area contributed by atoms with Crippen molar-refractivity contribution in [3.05, 3.63) is 29.6 Å². The zero-order chi connectivity index (χ0) is 18.6. The van der Waals surface area contributed by atoms with Crippen LogP contribution in [0, 0.1) is 22.6 Å². The number of ether oxygens (including phenoxy) is 1. The summed E-state index contributed by atoms with van der Waals surface area (Å²) >= 11 is 0. The Kier molecular flexibility index (Phi) is 5.40. The Morgan fingerprint density at radius 2 is 2.15 bits per heavy atom. The molecule has 3 rings (SSSR count). The van der Waals surface area contributed by atoms with Crippen molar-refractivity contribution in [1.82, 2.24) is 10.6 Å². The van der Waals surface area contributed by atoms with E-state index < -0.39 is 11.2 Å². The molecule has 1 heterocycles. The van der Waals surface area contributed by atoms with E-state index in [2.05, 4.69) is 10.6 Å². The Morgan fingerprint density at radius 3 is 2.85 bits per heavy atom. The maximum atomic E-state index is 13.8. The van der Waals surface area contributed by atoms with Crippen LogP contribution in [0.25, 0.3) is 0 Å². The van der Waals surface area contributed by atoms with Crippen LogP contribution in [0.3, 0.4) is 0 Å². The molecule has 138 valence electrons. The van der Waals surface area contributed by atoms with Crippen molar-refractivity contribution in [2.75, 3.05) is 13.2 Å². The highest BCUT2D eigenvalue weighted by atomic mass is 19.1. The van der Waals surface area contributed by atoms with Crippen molar-refractivity contribution in [3.63, 3.8) is 0 Å². The molecule has 1 aromatic carbocycles. The summed E-state index contributed by atoms with van der Waals surface area (Å²) in [6, 6.07) is 5.90. The standard InChI is InChI=1S/C19H22FN3O3/c20-15-7-3-8-16(14(15)11-21)26-12-19(9-4-10-22-17(19)24)18(25)23-13-5-1-2-6-13/h3,7-8,13H,1-2,4-6,9-10,12H2,(H,22,24)(H,23,25). The average molecular weight is 359 g/mol. The van der Waals surface area contributed by atoms with Gasteiger partial charge < -0.3 is 15.4 Å². The molecule has 7 heteroatoms. The summed E-state index contributed by atoms with van der Waals surface area (Å²) in [7, 11) is 0. The maximum Gasteiger partial charge on any atom is 0.239 e. The Hall–Kier alpha value is -2.62. The number of halogens is 1. The summed E-state index contributed by atoms with van der Waals surface area (Å²) in [5.41, 5.74) is -1.59. The Bertz CT molecular complexity index is 740. The highest BCUT2D eigenvalue weighted by Gasteiger charge is 2.49. The van der Waals surface area contributed by atoms with Crippen LogP contribution in [0.15, 0.2) is 18.2 Å². The topological polar surface area (TPSA) is 91.2 Å². The van der Waals surface area contributed by atoms with Crippen LogP contribution in [-0.2, 0) is 9.59 Å². The number of carbonyl (C=O) groups excluding carboxylic acids is 2. The van der Waals surface area contributed by atoms with Gasteiger partial charge in [-0.05, 0) is 37.8 Å². The Labute approximate surface area is 151 Å². The third-order valence-corrected chi connectivity index (χ3v) is 5.19. The van der Waals surface area contributed by atoms with Crippen molar-refractivity contribution in [3.8, 4) is 11.8 Å². The molecule has 26 heavy (non-hydrogen) atoms. The first-order valence-electron chi connectivity index (χ1n) is 8.97. The molecule has 0 bridgehead atoms. The smallest absolute Gasteiger partial charge is 0.239 e. The number of hydrogen-bond donors (Lipinski definition) is 2. The first kappa shape index (κ1) is 18.2. The van der Waals surface area contributed by atoms with Gasteiger partial charge in [-0.25, -0.2) is 4.39 Å². The Morgan fingerprint density at radius 1 is 1.38 bits per heavy atom. The summed E-state index contributed by atoms with van der Waals surface area (Å²) in [6.07, 6.45) is 4.96. The predicted molar refractivity (Wildman–Crippen MR) is 91.7 cm³/mol. The normalized spacial score (nSPS) is 23.2. The number of nitriles is 1. The average Bonchev–Trinajstić information content (AvgIpc) is 3.14. The minimum absolute atomic E-state index is 0.0407. The summed E-state index contributed by atoms with van der Waals surface area (Å²) in [4.78, 5) is 25.5.